The van der Waals surface area contributed by atoms with Crippen LogP contribution in [-0.2, 0) is 22.7 Å². The van der Waals surface area contributed by atoms with Gasteiger partial charge in [-0.3, -0.25) is 29.2 Å². The van der Waals surface area contributed by atoms with E-state index in [0.717, 1.165) is 12.1 Å². The molecular formula is C28H32N4O4. The summed E-state index contributed by atoms with van der Waals surface area (Å²) >= 11 is 0. The number of piperidine rings is 1. The van der Waals surface area contributed by atoms with E-state index < -0.39 is 11.9 Å². The molecule has 0 spiro atoms. The first-order valence-corrected chi connectivity index (χ1v) is 12.8. The lowest BCUT2D eigenvalue weighted by atomic mass is 10.1. The van der Waals surface area contributed by atoms with E-state index in [1.807, 2.05) is 0 Å². The van der Waals surface area contributed by atoms with E-state index in [-0.39, 0.29) is 24.3 Å². The van der Waals surface area contributed by atoms with Crippen LogP contribution in [0.3, 0.4) is 0 Å². The zero-order chi connectivity index (χ0) is 25.1. The van der Waals surface area contributed by atoms with Gasteiger partial charge in [-0.25, -0.2) is 4.98 Å². The minimum Gasteiger partial charge on any atom is -0.489 e. The second kappa shape index (κ2) is 10.6. The Balaban J connectivity index is 1.29. The van der Waals surface area contributed by atoms with Crippen molar-refractivity contribution in [1.82, 2.24) is 19.8 Å². The summed E-state index contributed by atoms with van der Waals surface area (Å²) in [6.07, 6.45) is 5.71. The van der Waals surface area contributed by atoms with Crippen LogP contribution in [0.4, 0.5) is 0 Å². The number of amides is 2. The molecule has 2 amide bonds. The Morgan fingerprint density at radius 3 is 2.42 bits per heavy atom. The maximum Gasteiger partial charge on any atom is 0.262 e. The number of aromatic nitrogens is 2. The molecule has 0 aliphatic carbocycles. The highest BCUT2D eigenvalue weighted by Crippen LogP contribution is 2.23. The van der Waals surface area contributed by atoms with Crippen LogP contribution in [0.1, 0.15) is 61.5 Å². The number of fused-ring (bicyclic) bond motifs is 1. The van der Waals surface area contributed by atoms with Crippen LogP contribution < -0.4 is 15.6 Å². The van der Waals surface area contributed by atoms with Crippen LogP contribution in [0.5, 0.6) is 5.75 Å². The number of ether oxygens (including phenoxy) is 1. The van der Waals surface area contributed by atoms with E-state index in [2.05, 4.69) is 39.5 Å². The lowest BCUT2D eigenvalue weighted by Gasteiger charge is -2.24. The van der Waals surface area contributed by atoms with Crippen molar-refractivity contribution >= 4 is 22.7 Å². The number of likely N-dealkylation sites (tertiary alicyclic amines) is 1. The molecule has 2 saturated heterocycles. The molecule has 0 radical (unpaired) electrons. The zero-order valence-electron chi connectivity index (χ0n) is 20.7. The van der Waals surface area contributed by atoms with Gasteiger partial charge in [-0.1, -0.05) is 37.1 Å². The number of nitrogens with zero attached hydrogens (tertiary/aromatic N) is 3. The summed E-state index contributed by atoms with van der Waals surface area (Å²) in [5.41, 5.74) is 2.60. The molecule has 2 aliphatic heterocycles. The summed E-state index contributed by atoms with van der Waals surface area (Å²) < 4.78 is 7.39. The number of imide groups is 1. The van der Waals surface area contributed by atoms with E-state index in [1.54, 1.807) is 25.1 Å². The van der Waals surface area contributed by atoms with Gasteiger partial charge in [0.25, 0.3) is 5.56 Å². The van der Waals surface area contributed by atoms with Crippen LogP contribution in [0.25, 0.3) is 10.9 Å². The van der Waals surface area contributed by atoms with Crippen molar-refractivity contribution in [3.63, 3.8) is 0 Å². The summed E-state index contributed by atoms with van der Waals surface area (Å²) in [5.74, 6) is 0.218. The first-order chi connectivity index (χ1) is 17.5. The van der Waals surface area contributed by atoms with Crippen molar-refractivity contribution in [3.8, 4) is 5.75 Å². The third-order valence-electron chi connectivity index (χ3n) is 7.10. The lowest BCUT2D eigenvalue weighted by molar-refractivity contribution is -0.135. The third kappa shape index (κ3) is 5.33. The van der Waals surface area contributed by atoms with Gasteiger partial charge in [0, 0.05) is 13.0 Å². The molecule has 8 heteroatoms. The van der Waals surface area contributed by atoms with E-state index in [0.29, 0.717) is 29.1 Å². The summed E-state index contributed by atoms with van der Waals surface area (Å²) in [5, 5.41) is 2.70. The average Bonchev–Trinajstić information content (AvgIpc) is 3.14. The monoisotopic (exact) mass is 488 g/mol. The quantitative estimate of drug-likeness (QED) is 0.533. The second-order valence-corrected chi connectivity index (χ2v) is 9.78. The van der Waals surface area contributed by atoms with Gasteiger partial charge < -0.3 is 4.74 Å². The smallest absolute Gasteiger partial charge is 0.262 e. The summed E-state index contributed by atoms with van der Waals surface area (Å²) in [6, 6.07) is 13.0. The van der Waals surface area contributed by atoms with Crippen molar-refractivity contribution in [1.29, 1.82) is 0 Å². The van der Waals surface area contributed by atoms with E-state index in [1.165, 1.54) is 48.9 Å². The molecule has 1 aromatic heterocycles. The number of hydrogen-bond donors (Lipinski definition) is 1. The normalized spacial score (nSPS) is 19.2. The Labute approximate surface area is 210 Å². The standard InChI is InChI=1S/C28H32N4O4/c1-19-29-24-11-10-22(16-23(24)28(35)32(19)25-12-13-26(33)30-27(25)34)36-18-21-8-6-20(7-9-21)17-31-14-4-2-3-5-15-31/h6-11,16,25H,2-5,12-15,17-18H2,1H3,(H,30,33,34). The summed E-state index contributed by atoms with van der Waals surface area (Å²) in [4.78, 5) is 44.3. The molecule has 5 rings (SSSR count). The minimum absolute atomic E-state index is 0.195. The number of hydrogen-bond acceptors (Lipinski definition) is 6. The Kier molecular flexibility index (Phi) is 7.13. The van der Waals surface area contributed by atoms with Gasteiger partial charge in [0.15, 0.2) is 0 Å². The molecule has 8 nitrogen and oxygen atoms in total. The molecule has 36 heavy (non-hydrogen) atoms. The molecule has 2 aliphatic rings. The van der Waals surface area contributed by atoms with Crippen molar-refractivity contribution in [3.05, 3.63) is 69.8 Å². The molecule has 1 N–H and O–H groups in total. The van der Waals surface area contributed by atoms with Crippen LogP contribution in [0.2, 0.25) is 0 Å². The van der Waals surface area contributed by atoms with Gasteiger partial charge in [-0.15, -0.1) is 0 Å². The van der Waals surface area contributed by atoms with Gasteiger partial charge in [0.05, 0.1) is 10.9 Å². The molecule has 0 saturated carbocycles. The van der Waals surface area contributed by atoms with Crippen molar-refractivity contribution in [2.75, 3.05) is 13.1 Å². The largest absolute Gasteiger partial charge is 0.489 e. The number of nitrogens with one attached hydrogen (secondary N) is 1. The predicted octanol–water partition coefficient (Wildman–Crippen LogP) is 3.64. The van der Waals surface area contributed by atoms with Crippen molar-refractivity contribution in [2.45, 2.75) is 64.6 Å². The molecule has 2 aromatic carbocycles. The zero-order valence-corrected chi connectivity index (χ0v) is 20.7. The van der Waals surface area contributed by atoms with Crippen LogP contribution >= 0.6 is 0 Å². The fourth-order valence-electron chi connectivity index (χ4n) is 5.13. The Bertz CT molecular complexity index is 1320. The van der Waals surface area contributed by atoms with Crippen LogP contribution in [0, 0.1) is 6.92 Å². The fourth-order valence-corrected chi connectivity index (χ4v) is 5.13. The topological polar surface area (TPSA) is 93.5 Å². The predicted molar refractivity (Wildman–Crippen MR) is 137 cm³/mol. The van der Waals surface area contributed by atoms with E-state index in [9.17, 15) is 14.4 Å². The number of benzene rings is 2. The molecular weight excluding hydrogens is 456 g/mol. The Morgan fingerprint density at radius 1 is 0.972 bits per heavy atom. The average molecular weight is 489 g/mol. The molecule has 1 atom stereocenters. The van der Waals surface area contributed by atoms with Gasteiger partial charge in [-0.2, -0.15) is 0 Å². The van der Waals surface area contributed by atoms with E-state index in [4.69, 9.17) is 4.74 Å². The Hall–Kier alpha value is -3.52. The number of carbonyl (C=O) groups excluding carboxylic acids is 2. The number of rotatable bonds is 6. The van der Waals surface area contributed by atoms with Crippen molar-refractivity contribution in [2.24, 2.45) is 0 Å². The first kappa shape index (κ1) is 24.2. The summed E-state index contributed by atoms with van der Waals surface area (Å²) in [7, 11) is 0. The maximum atomic E-state index is 13.3. The molecule has 3 aromatic rings. The van der Waals surface area contributed by atoms with Crippen molar-refractivity contribution < 1.29 is 14.3 Å². The van der Waals surface area contributed by atoms with Gasteiger partial charge in [0.2, 0.25) is 11.8 Å². The highest BCUT2D eigenvalue weighted by Gasteiger charge is 2.30. The van der Waals surface area contributed by atoms with Crippen LogP contribution in [0.15, 0.2) is 47.3 Å². The fraction of sp³-hybridized carbons (Fsp3) is 0.429. The Morgan fingerprint density at radius 2 is 1.69 bits per heavy atom. The minimum atomic E-state index is -0.746. The number of carbonyl (C=O) groups is 2. The SMILES string of the molecule is Cc1nc2ccc(OCc3ccc(CN4CCCCCC4)cc3)cc2c(=O)n1C1CCC(=O)NC1=O. The highest BCUT2D eigenvalue weighted by molar-refractivity contribution is 5.99. The number of aryl methyl sites for hydroxylation is 1. The van der Waals surface area contributed by atoms with E-state index >= 15 is 0 Å². The van der Waals surface area contributed by atoms with Gasteiger partial charge in [-0.05, 0) is 68.6 Å². The lowest BCUT2D eigenvalue weighted by Crippen LogP contribution is -2.45. The molecule has 1 unspecified atom stereocenters. The first-order valence-electron chi connectivity index (χ1n) is 12.8. The highest BCUT2D eigenvalue weighted by atomic mass is 16.5. The molecule has 188 valence electrons. The maximum absolute atomic E-state index is 13.3. The van der Waals surface area contributed by atoms with Crippen LogP contribution in [-0.4, -0.2) is 39.4 Å². The second-order valence-electron chi connectivity index (χ2n) is 9.78. The third-order valence-corrected chi connectivity index (χ3v) is 7.10. The van der Waals surface area contributed by atoms with Gasteiger partial charge in [0.1, 0.15) is 24.2 Å². The summed E-state index contributed by atoms with van der Waals surface area (Å²) in [6.45, 7) is 5.41. The molecule has 2 fully saturated rings. The molecule has 0 bridgehead atoms. The molecule has 3 heterocycles. The van der Waals surface area contributed by atoms with Gasteiger partial charge >= 0.3 is 0 Å².